The van der Waals surface area contributed by atoms with E-state index < -0.39 is 0 Å². The number of rotatable bonds is 10. The Hall–Kier alpha value is -2.63. The van der Waals surface area contributed by atoms with Gasteiger partial charge in [0.15, 0.2) is 0 Å². The highest BCUT2D eigenvalue weighted by Crippen LogP contribution is 2.18. The molecule has 0 unspecified atom stereocenters. The minimum absolute atomic E-state index is 0.0684. The van der Waals surface area contributed by atoms with E-state index in [1.165, 1.54) is 0 Å². The topological polar surface area (TPSA) is 78.1 Å². The Kier molecular flexibility index (Phi) is 7.86. The second-order valence-electron chi connectivity index (χ2n) is 6.30. The van der Waals surface area contributed by atoms with Gasteiger partial charge in [-0.15, -0.1) is 0 Å². The van der Waals surface area contributed by atoms with Crippen molar-refractivity contribution < 1.29 is 9.59 Å². The van der Waals surface area contributed by atoms with Gasteiger partial charge in [-0.3, -0.25) is 9.59 Å². The smallest absolute Gasteiger partial charge is 0.224 e. The van der Waals surface area contributed by atoms with Gasteiger partial charge in [0.05, 0.1) is 0 Å². The van der Waals surface area contributed by atoms with E-state index in [1.807, 2.05) is 29.2 Å². The number of aromatic nitrogens is 2. The minimum Gasteiger partial charge on any atom is -0.345 e. The van der Waals surface area contributed by atoms with Gasteiger partial charge < -0.3 is 15.2 Å². The van der Waals surface area contributed by atoms with E-state index >= 15 is 0 Å². The third kappa shape index (κ3) is 6.02. The van der Waals surface area contributed by atoms with Gasteiger partial charge in [0, 0.05) is 49.6 Å². The standard InChI is InChI=1S/C20H28N4O2/c1-3-14-24(15-4-2)19(26)7-5-6-18(25)23-17-10-8-16(9-11-17)20-21-12-13-22-20/h8-13H,3-7,14-15H2,1-2H3,(H,21,22)(H,23,25). The third-order valence-electron chi connectivity index (χ3n) is 4.07. The number of hydrogen-bond donors (Lipinski definition) is 2. The first kappa shape index (κ1) is 19.7. The van der Waals surface area contributed by atoms with E-state index in [2.05, 4.69) is 29.1 Å². The summed E-state index contributed by atoms with van der Waals surface area (Å²) in [5.41, 5.74) is 1.71. The van der Waals surface area contributed by atoms with Crippen LogP contribution in [0, 0.1) is 0 Å². The second-order valence-corrected chi connectivity index (χ2v) is 6.30. The fraction of sp³-hybridized carbons (Fsp3) is 0.450. The van der Waals surface area contributed by atoms with E-state index in [1.54, 1.807) is 12.4 Å². The largest absolute Gasteiger partial charge is 0.345 e. The summed E-state index contributed by atoms with van der Waals surface area (Å²) in [6.07, 6.45) is 6.73. The van der Waals surface area contributed by atoms with Crippen molar-refractivity contribution in [2.75, 3.05) is 18.4 Å². The molecule has 0 radical (unpaired) electrons. The number of imidazole rings is 1. The van der Waals surface area contributed by atoms with Crippen molar-refractivity contribution in [2.24, 2.45) is 0 Å². The Balaban J connectivity index is 1.75. The zero-order chi connectivity index (χ0) is 18.8. The summed E-state index contributed by atoms with van der Waals surface area (Å²) in [6.45, 7) is 5.73. The summed E-state index contributed by atoms with van der Waals surface area (Å²) in [6, 6.07) is 7.52. The van der Waals surface area contributed by atoms with Crippen molar-refractivity contribution >= 4 is 17.5 Å². The van der Waals surface area contributed by atoms with Crippen LogP contribution >= 0.6 is 0 Å². The molecule has 0 aliphatic heterocycles. The first-order valence-electron chi connectivity index (χ1n) is 9.31. The molecule has 0 aliphatic carbocycles. The number of carbonyl (C=O) groups is 2. The number of H-pyrrole nitrogens is 1. The molecular formula is C20H28N4O2. The molecule has 1 heterocycles. The predicted molar refractivity (Wildman–Crippen MR) is 104 cm³/mol. The molecule has 1 aromatic heterocycles. The zero-order valence-corrected chi connectivity index (χ0v) is 15.6. The summed E-state index contributed by atoms with van der Waals surface area (Å²) < 4.78 is 0. The van der Waals surface area contributed by atoms with Crippen LogP contribution in [0.15, 0.2) is 36.7 Å². The van der Waals surface area contributed by atoms with Crippen LogP contribution in [0.4, 0.5) is 5.69 Å². The number of amides is 2. The van der Waals surface area contributed by atoms with Crippen LogP contribution in [0.1, 0.15) is 46.0 Å². The molecule has 140 valence electrons. The third-order valence-corrected chi connectivity index (χ3v) is 4.07. The highest BCUT2D eigenvalue weighted by atomic mass is 16.2. The van der Waals surface area contributed by atoms with Crippen molar-refractivity contribution in [3.63, 3.8) is 0 Å². The van der Waals surface area contributed by atoms with E-state index in [0.717, 1.165) is 43.0 Å². The molecule has 0 aliphatic rings. The van der Waals surface area contributed by atoms with E-state index in [9.17, 15) is 9.59 Å². The molecule has 0 atom stereocenters. The molecule has 2 N–H and O–H groups in total. The number of nitrogens with one attached hydrogen (secondary N) is 2. The van der Waals surface area contributed by atoms with Crippen LogP contribution in [0.3, 0.4) is 0 Å². The van der Waals surface area contributed by atoms with Crippen molar-refractivity contribution in [3.05, 3.63) is 36.7 Å². The van der Waals surface area contributed by atoms with Gasteiger partial charge in [0.25, 0.3) is 0 Å². The van der Waals surface area contributed by atoms with Gasteiger partial charge in [-0.2, -0.15) is 0 Å². The number of benzene rings is 1. The average molecular weight is 356 g/mol. The van der Waals surface area contributed by atoms with E-state index in [4.69, 9.17) is 0 Å². The van der Waals surface area contributed by atoms with Gasteiger partial charge in [0.2, 0.25) is 11.8 Å². The molecule has 0 bridgehead atoms. The Morgan fingerprint density at radius 3 is 2.35 bits per heavy atom. The highest BCUT2D eigenvalue weighted by molar-refractivity contribution is 5.91. The van der Waals surface area contributed by atoms with Gasteiger partial charge in [-0.05, 0) is 43.5 Å². The molecule has 0 saturated heterocycles. The molecule has 6 heteroatoms. The SMILES string of the molecule is CCCN(CCC)C(=O)CCCC(=O)Nc1ccc(-c2ncc[nH]2)cc1. The molecule has 2 rings (SSSR count). The summed E-state index contributed by atoms with van der Waals surface area (Å²) in [7, 11) is 0. The second kappa shape index (κ2) is 10.4. The molecule has 0 saturated carbocycles. The summed E-state index contributed by atoms with van der Waals surface area (Å²) in [4.78, 5) is 33.4. The van der Waals surface area contributed by atoms with Crippen LogP contribution in [-0.2, 0) is 9.59 Å². The van der Waals surface area contributed by atoms with Crippen molar-refractivity contribution in [1.82, 2.24) is 14.9 Å². The van der Waals surface area contributed by atoms with Crippen LogP contribution in [0.5, 0.6) is 0 Å². The number of aromatic amines is 1. The predicted octanol–water partition coefficient (Wildman–Crippen LogP) is 3.83. The summed E-state index contributed by atoms with van der Waals surface area (Å²) in [5, 5.41) is 2.87. The lowest BCUT2D eigenvalue weighted by molar-refractivity contribution is -0.131. The normalized spacial score (nSPS) is 10.5. The van der Waals surface area contributed by atoms with E-state index in [0.29, 0.717) is 19.3 Å². The van der Waals surface area contributed by atoms with Crippen LogP contribution in [0.2, 0.25) is 0 Å². The first-order chi connectivity index (χ1) is 12.6. The maximum atomic E-state index is 12.2. The van der Waals surface area contributed by atoms with Crippen molar-refractivity contribution in [3.8, 4) is 11.4 Å². The van der Waals surface area contributed by atoms with Crippen LogP contribution in [0.25, 0.3) is 11.4 Å². The lowest BCUT2D eigenvalue weighted by atomic mass is 10.1. The van der Waals surface area contributed by atoms with Crippen molar-refractivity contribution in [2.45, 2.75) is 46.0 Å². The zero-order valence-electron chi connectivity index (χ0n) is 15.6. The fourth-order valence-corrected chi connectivity index (χ4v) is 2.82. The van der Waals surface area contributed by atoms with E-state index in [-0.39, 0.29) is 11.8 Å². The number of anilines is 1. The lowest BCUT2D eigenvalue weighted by Crippen LogP contribution is -2.32. The number of nitrogens with zero attached hydrogens (tertiary/aromatic N) is 2. The van der Waals surface area contributed by atoms with Crippen LogP contribution < -0.4 is 5.32 Å². The lowest BCUT2D eigenvalue weighted by Gasteiger charge is -2.21. The van der Waals surface area contributed by atoms with Gasteiger partial charge >= 0.3 is 0 Å². The molecule has 26 heavy (non-hydrogen) atoms. The Labute approximate surface area is 155 Å². The van der Waals surface area contributed by atoms with Crippen LogP contribution in [-0.4, -0.2) is 39.8 Å². The summed E-state index contributed by atoms with van der Waals surface area (Å²) in [5.74, 6) is 0.871. The Bertz CT molecular complexity index is 674. The Morgan fingerprint density at radius 2 is 1.77 bits per heavy atom. The molecule has 2 aromatic rings. The van der Waals surface area contributed by atoms with Gasteiger partial charge in [0.1, 0.15) is 5.82 Å². The quantitative estimate of drug-likeness (QED) is 0.679. The first-order valence-corrected chi connectivity index (χ1v) is 9.31. The van der Waals surface area contributed by atoms with Gasteiger partial charge in [-0.25, -0.2) is 4.98 Å². The maximum Gasteiger partial charge on any atom is 0.224 e. The average Bonchev–Trinajstić information content (AvgIpc) is 3.16. The molecule has 2 amide bonds. The maximum absolute atomic E-state index is 12.2. The molecular weight excluding hydrogens is 328 g/mol. The number of hydrogen-bond acceptors (Lipinski definition) is 3. The van der Waals surface area contributed by atoms with Crippen molar-refractivity contribution in [1.29, 1.82) is 0 Å². The number of carbonyl (C=O) groups excluding carboxylic acids is 2. The fourth-order valence-electron chi connectivity index (χ4n) is 2.82. The molecule has 6 nitrogen and oxygen atoms in total. The minimum atomic E-state index is -0.0684. The van der Waals surface area contributed by atoms with Gasteiger partial charge in [-0.1, -0.05) is 13.8 Å². The highest BCUT2D eigenvalue weighted by Gasteiger charge is 2.12. The molecule has 0 fully saturated rings. The molecule has 0 spiro atoms. The Morgan fingerprint density at radius 1 is 1.08 bits per heavy atom. The summed E-state index contributed by atoms with van der Waals surface area (Å²) >= 11 is 0. The molecule has 1 aromatic carbocycles. The monoisotopic (exact) mass is 356 g/mol.